The fourth-order valence-electron chi connectivity index (χ4n) is 3.28. The Bertz CT molecular complexity index is 885. The first kappa shape index (κ1) is 21.5. The number of hydrogen-bond donors (Lipinski definition) is 1. The number of ether oxygens (including phenoxy) is 2. The van der Waals surface area contributed by atoms with Crippen molar-refractivity contribution < 1.29 is 24.0 Å². The van der Waals surface area contributed by atoms with Crippen molar-refractivity contribution in [1.82, 2.24) is 10.2 Å². The minimum atomic E-state index is -0.879. The number of halogens is 1. The van der Waals surface area contributed by atoms with Gasteiger partial charge in [0, 0.05) is 48.4 Å². The van der Waals surface area contributed by atoms with Crippen molar-refractivity contribution in [1.29, 1.82) is 0 Å². The number of non-ortho nitro benzene ring substituents is 1. The first-order chi connectivity index (χ1) is 14.4. The average Bonchev–Trinajstić information content (AvgIpc) is 2.73. The minimum Gasteiger partial charge on any atom is -0.430 e. The predicted molar refractivity (Wildman–Crippen MR) is 108 cm³/mol. The number of rotatable bonds is 6. The van der Waals surface area contributed by atoms with Gasteiger partial charge in [-0.2, -0.15) is 0 Å². The number of benzene rings is 2. The minimum absolute atomic E-state index is 0.0826. The number of nitrogens with one attached hydrogen (secondary N) is 1. The topological polar surface area (TPSA) is 111 Å². The maximum atomic E-state index is 12.1. The summed E-state index contributed by atoms with van der Waals surface area (Å²) in [6, 6.07) is 14.4. The molecule has 0 saturated carbocycles. The van der Waals surface area contributed by atoms with E-state index in [4.69, 9.17) is 21.1 Å². The van der Waals surface area contributed by atoms with Crippen LogP contribution in [0.15, 0.2) is 54.6 Å². The average molecular weight is 434 g/mol. The summed E-state index contributed by atoms with van der Waals surface area (Å²) in [5, 5.41) is 13.5. The van der Waals surface area contributed by atoms with Gasteiger partial charge in [-0.3, -0.25) is 15.0 Å². The van der Waals surface area contributed by atoms with Gasteiger partial charge in [-0.25, -0.2) is 9.59 Å². The van der Waals surface area contributed by atoms with E-state index in [1.807, 2.05) is 35.2 Å². The van der Waals surface area contributed by atoms with Crippen LogP contribution < -0.4 is 10.1 Å². The SMILES string of the molecule is O=C(Cl)OC(c1ccccc1)N1CCC(NC(=O)Oc2ccc([N+](=O)[O-])cc2)CC1. The van der Waals surface area contributed by atoms with Crippen LogP contribution in [0.1, 0.15) is 24.6 Å². The van der Waals surface area contributed by atoms with Crippen molar-refractivity contribution in [3.8, 4) is 5.75 Å². The first-order valence-corrected chi connectivity index (χ1v) is 9.68. The molecule has 1 fully saturated rings. The van der Waals surface area contributed by atoms with Crippen molar-refractivity contribution in [3.05, 3.63) is 70.3 Å². The van der Waals surface area contributed by atoms with E-state index in [9.17, 15) is 19.7 Å². The number of nitro groups is 1. The summed E-state index contributed by atoms with van der Waals surface area (Å²) < 4.78 is 10.5. The highest BCUT2D eigenvalue weighted by Crippen LogP contribution is 2.27. The second-order valence-electron chi connectivity index (χ2n) is 6.71. The van der Waals surface area contributed by atoms with Crippen LogP contribution in [-0.4, -0.2) is 40.5 Å². The standard InChI is InChI=1S/C20H20ClN3O6/c21-19(25)30-18(14-4-2-1-3-5-14)23-12-10-15(11-13-23)22-20(26)29-17-8-6-16(7-9-17)24(27)28/h1-9,15,18H,10-13H2,(H,22,26). The number of carbonyl (C=O) groups excluding carboxylic acids is 2. The van der Waals surface area contributed by atoms with Crippen LogP contribution in [0.25, 0.3) is 0 Å². The van der Waals surface area contributed by atoms with Gasteiger partial charge in [0.2, 0.25) is 0 Å². The quantitative estimate of drug-likeness (QED) is 0.412. The largest absolute Gasteiger partial charge is 0.430 e. The van der Waals surface area contributed by atoms with E-state index in [0.717, 1.165) is 5.56 Å². The number of hydrogen-bond acceptors (Lipinski definition) is 7. The van der Waals surface area contributed by atoms with Crippen molar-refractivity contribution in [2.45, 2.75) is 25.1 Å². The van der Waals surface area contributed by atoms with Gasteiger partial charge in [-0.1, -0.05) is 30.3 Å². The maximum Gasteiger partial charge on any atom is 0.412 e. The third-order valence-corrected chi connectivity index (χ3v) is 4.82. The third kappa shape index (κ3) is 5.91. The zero-order valence-electron chi connectivity index (χ0n) is 15.9. The van der Waals surface area contributed by atoms with E-state index in [1.54, 1.807) is 0 Å². The molecule has 2 aromatic carbocycles. The Kier molecular flexibility index (Phi) is 7.21. The summed E-state index contributed by atoms with van der Waals surface area (Å²) in [6.07, 6.45) is 0.0233. The van der Waals surface area contributed by atoms with Crippen LogP contribution >= 0.6 is 11.6 Å². The lowest BCUT2D eigenvalue weighted by Crippen LogP contribution is -2.47. The molecule has 0 bridgehead atoms. The van der Waals surface area contributed by atoms with Gasteiger partial charge in [-0.05, 0) is 25.0 Å². The number of likely N-dealkylation sites (tertiary alicyclic amines) is 1. The smallest absolute Gasteiger partial charge is 0.412 e. The first-order valence-electron chi connectivity index (χ1n) is 9.30. The fourth-order valence-corrected chi connectivity index (χ4v) is 3.36. The summed E-state index contributed by atoms with van der Waals surface area (Å²) in [4.78, 5) is 35.6. The second-order valence-corrected chi connectivity index (χ2v) is 7.02. The van der Waals surface area contributed by atoms with Gasteiger partial charge in [0.1, 0.15) is 5.75 Å². The molecule has 1 N–H and O–H groups in total. The van der Waals surface area contributed by atoms with Gasteiger partial charge in [0.05, 0.1) is 4.92 Å². The molecule has 1 saturated heterocycles. The van der Waals surface area contributed by atoms with Crippen molar-refractivity contribution in [2.75, 3.05) is 13.1 Å². The lowest BCUT2D eigenvalue weighted by molar-refractivity contribution is -0.384. The molecule has 9 nitrogen and oxygen atoms in total. The molecule has 1 aliphatic rings. The molecule has 2 aromatic rings. The number of nitro benzene ring substituents is 1. The summed E-state index contributed by atoms with van der Waals surface area (Å²) in [6.45, 7) is 1.15. The lowest BCUT2D eigenvalue weighted by atomic mass is 10.0. The molecule has 1 heterocycles. The van der Waals surface area contributed by atoms with E-state index in [2.05, 4.69) is 5.32 Å². The van der Waals surface area contributed by atoms with Crippen LogP contribution in [-0.2, 0) is 4.74 Å². The van der Waals surface area contributed by atoms with Gasteiger partial charge in [0.15, 0.2) is 6.23 Å². The molecule has 1 amide bonds. The summed E-state index contributed by atoms with van der Waals surface area (Å²) in [5.74, 6) is 0.216. The molecule has 1 aliphatic heterocycles. The Labute approximate surface area is 177 Å². The molecular formula is C20H20ClN3O6. The predicted octanol–water partition coefficient (Wildman–Crippen LogP) is 4.22. The molecule has 0 radical (unpaired) electrons. The molecule has 0 aromatic heterocycles. The molecule has 0 spiro atoms. The van der Waals surface area contributed by atoms with E-state index in [0.29, 0.717) is 25.9 Å². The van der Waals surface area contributed by atoms with Crippen molar-refractivity contribution in [2.24, 2.45) is 0 Å². The van der Waals surface area contributed by atoms with Crippen LogP contribution in [0.3, 0.4) is 0 Å². The zero-order valence-corrected chi connectivity index (χ0v) is 16.7. The van der Waals surface area contributed by atoms with Crippen molar-refractivity contribution in [3.63, 3.8) is 0 Å². The highest BCUT2D eigenvalue weighted by molar-refractivity contribution is 6.61. The monoisotopic (exact) mass is 433 g/mol. The molecule has 10 heteroatoms. The molecule has 3 rings (SSSR count). The maximum absolute atomic E-state index is 12.1. The van der Waals surface area contributed by atoms with Crippen LogP contribution in [0.2, 0.25) is 0 Å². The Morgan fingerprint density at radius 1 is 1.10 bits per heavy atom. The van der Waals surface area contributed by atoms with E-state index in [1.165, 1.54) is 24.3 Å². The van der Waals surface area contributed by atoms with Crippen molar-refractivity contribution >= 4 is 28.8 Å². The highest BCUT2D eigenvalue weighted by atomic mass is 35.5. The number of carbonyl (C=O) groups is 2. The molecular weight excluding hydrogens is 414 g/mol. The molecule has 158 valence electrons. The number of nitrogens with zero attached hydrogens (tertiary/aromatic N) is 2. The van der Waals surface area contributed by atoms with Gasteiger partial charge in [-0.15, -0.1) is 0 Å². The lowest BCUT2D eigenvalue weighted by Gasteiger charge is -2.36. The summed E-state index contributed by atoms with van der Waals surface area (Å²) in [5.41, 5.74) is -0.146. The zero-order chi connectivity index (χ0) is 21.5. The van der Waals surface area contributed by atoms with Gasteiger partial charge >= 0.3 is 11.5 Å². The Morgan fingerprint density at radius 2 is 1.73 bits per heavy atom. The van der Waals surface area contributed by atoms with E-state index in [-0.39, 0.29) is 17.5 Å². The summed E-state index contributed by atoms with van der Waals surface area (Å²) >= 11 is 5.44. The van der Waals surface area contributed by atoms with Crippen LogP contribution in [0.5, 0.6) is 5.75 Å². The number of piperidine rings is 1. The third-order valence-electron chi connectivity index (χ3n) is 4.73. The van der Waals surface area contributed by atoms with Crippen LogP contribution in [0, 0.1) is 10.1 Å². The Hall–Kier alpha value is -3.17. The van der Waals surface area contributed by atoms with E-state index < -0.39 is 22.7 Å². The fraction of sp³-hybridized carbons (Fsp3) is 0.300. The Morgan fingerprint density at radius 3 is 2.30 bits per heavy atom. The van der Waals surface area contributed by atoms with Crippen LogP contribution in [0.4, 0.5) is 15.3 Å². The molecule has 30 heavy (non-hydrogen) atoms. The Balaban J connectivity index is 1.52. The van der Waals surface area contributed by atoms with Gasteiger partial charge < -0.3 is 14.8 Å². The second kappa shape index (κ2) is 10.0. The highest BCUT2D eigenvalue weighted by Gasteiger charge is 2.29. The number of amides is 1. The molecule has 1 atom stereocenters. The molecule has 1 unspecified atom stereocenters. The van der Waals surface area contributed by atoms with Gasteiger partial charge in [0.25, 0.3) is 5.69 Å². The molecule has 0 aliphatic carbocycles. The summed E-state index contributed by atoms with van der Waals surface area (Å²) in [7, 11) is 0. The van der Waals surface area contributed by atoms with E-state index >= 15 is 0 Å². The normalized spacial score (nSPS) is 15.8.